The highest BCUT2D eigenvalue weighted by atomic mass is 16.5. The topological polar surface area (TPSA) is 143 Å². The molecule has 0 fully saturated rings. The minimum absolute atomic E-state index is 0.110. The maximum Gasteiger partial charge on any atom is 0.305 e. The van der Waals surface area contributed by atoms with Crippen LogP contribution >= 0.6 is 0 Å². The van der Waals surface area contributed by atoms with Gasteiger partial charge in [0.05, 0.1) is 19.9 Å². The van der Waals surface area contributed by atoms with Gasteiger partial charge in [-0.1, -0.05) is 25.3 Å². The zero-order chi connectivity index (χ0) is 33.0. The van der Waals surface area contributed by atoms with E-state index in [4.69, 9.17) is 9.47 Å². The Morgan fingerprint density at radius 1 is 0.756 bits per heavy atom. The first-order chi connectivity index (χ1) is 21.4. The summed E-state index contributed by atoms with van der Waals surface area (Å²) in [6, 6.07) is 0. The highest BCUT2D eigenvalue weighted by Gasteiger charge is 2.26. The molecule has 2 aromatic rings. The summed E-state index contributed by atoms with van der Waals surface area (Å²) >= 11 is 0. The predicted octanol–water partition coefficient (Wildman–Crippen LogP) is 3.85. The van der Waals surface area contributed by atoms with Crippen molar-refractivity contribution >= 4 is 59.8 Å². The van der Waals surface area contributed by atoms with Gasteiger partial charge < -0.3 is 24.8 Å². The van der Waals surface area contributed by atoms with E-state index in [-0.39, 0.29) is 43.0 Å². The number of methoxy groups -OCH3 is 2. The number of carbonyl (C=O) groups is 4. The predicted molar refractivity (Wildman–Crippen MR) is 175 cm³/mol. The zero-order valence-electron chi connectivity index (χ0n) is 26.5. The summed E-state index contributed by atoms with van der Waals surface area (Å²) in [6.07, 6.45) is 10.0. The molecule has 0 radical (unpaired) electrons. The van der Waals surface area contributed by atoms with Gasteiger partial charge in [-0.3, -0.25) is 19.2 Å². The van der Waals surface area contributed by atoms with Crippen LogP contribution in [0.5, 0.6) is 0 Å². The average Bonchev–Trinajstić information content (AvgIpc) is 3.66. The molecule has 0 bridgehead atoms. The van der Waals surface area contributed by atoms with Crippen molar-refractivity contribution in [3.8, 4) is 0 Å². The molecule has 0 atom stereocenters. The molecule has 234 valence electrons. The summed E-state index contributed by atoms with van der Waals surface area (Å²) in [5, 5.41) is 4.49. The van der Waals surface area contributed by atoms with Crippen molar-refractivity contribution < 1.29 is 28.7 Å². The quantitative estimate of drug-likeness (QED) is 0.330. The molecule has 3 N–H and O–H groups in total. The number of ether oxygens (including phenoxy) is 2. The molecule has 10 heteroatoms. The van der Waals surface area contributed by atoms with Crippen molar-refractivity contribution in [3.63, 3.8) is 0 Å². The maximum absolute atomic E-state index is 12.6. The molecule has 0 saturated heterocycles. The minimum Gasteiger partial charge on any atom is -0.469 e. The largest absolute Gasteiger partial charge is 0.469 e. The normalized spacial score (nSPS) is 16.6. The first-order valence-electron chi connectivity index (χ1n) is 14.5. The van der Waals surface area contributed by atoms with Crippen molar-refractivity contribution in [3.05, 3.63) is 85.5 Å². The van der Waals surface area contributed by atoms with Gasteiger partial charge in [-0.2, -0.15) is 0 Å². The van der Waals surface area contributed by atoms with Crippen molar-refractivity contribution in [1.29, 1.82) is 0 Å². The number of amides is 2. The van der Waals surface area contributed by atoms with E-state index >= 15 is 0 Å². The Bertz CT molecular complexity index is 1890. The van der Waals surface area contributed by atoms with Crippen LogP contribution in [0, 0.1) is 13.8 Å². The molecule has 45 heavy (non-hydrogen) atoms. The SMILES string of the molecule is C=Cc1c(C=C2NC(=O)C(CCC(=O)OC)=C2C)[nH]c(C=c2[nH]c(=CC3=NC(=O)C(CCC(=O)OC)=C3C)c(C)c2C=C)c1C. The lowest BCUT2D eigenvalue weighted by atomic mass is 10.0. The molecule has 0 unspecified atom stereocenters. The van der Waals surface area contributed by atoms with Crippen LogP contribution in [0.2, 0.25) is 0 Å². The summed E-state index contributed by atoms with van der Waals surface area (Å²) in [5.41, 5.74) is 9.03. The van der Waals surface area contributed by atoms with E-state index in [0.717, 1.165) is 55.5 Å². The number of allylic oxidation sites excluding steroid dienone is 2. The Hall–Kier alpha value is -5.25. The zero-order valence-corrected chi connectivity index (χ0v) is 26.5. The van der Waals surface area contributed by atoms with E-state index in [1.807, 2.05) is 45.9 Å². The molecule has 2 aliphatic rings. The van der Waals surface area contributed by atoms with Gasteiger partial charge in [0, 0.05) is 62.9 Å². The number of aliphatic imine (C=N–C) groups is 1. The van der Waals surface area contributed by atoms with Crippen molar-refractivity contribution in [2.75, 3.05) is 14.2 Å². The van der Waals surface area contributed by atoms with Gasteiger partial charge in [0.15, 0.2) is 0 Å². The number of H-pyrrole nitrogens is 2. The van der Waals surface area contributed by atoms with E-state index in [0.29, 0.717) is 29.0 Å². The molecular formula is C35H38N4O6. The van der Waals surface area contributed by atoms with Gasteiger partial charge in [-0.05, 0) is 81.0 Å². The standard InChI is InChI=1S/C35H38N4O6/c1-9-22-18(3)26(15-28-20(5)24(34(42)38-28)11-13-32(40)44-7)36-30(22)16-27-19(4)23(10-2)31(37-27)17-29-21(6)25(35(43)39-29)12-14-33(41)45-8/h9-10,15-17,36-37H,1-2,11-14H2,3-8H3,(H,39,43). The first-order valence-corrected chi connectivity index (χ1v) is 14.5. The smallest absolute Gasteiger partial charge is 0.305 e. The molecule has 2 aromatic heterocycles. The number of hydrogen-bond acceptors (Lipinski definition) is 6. The summed E-state index contributed by atoms with van der Waals surface area (Å²) in [7, 11) is 2.64. The monoisotopic (exact) mass is 610 g/mol. The second kappa shape index (κ2) is 13.6. The summed E-state index contributed by atoms with van der Waals surface area (Å²) < 4.78 is 9.42. The second-order valence-electron chi connectivity index (χ2n) is 10.9. The van der Waals surface area contributed by atoms with E-state index in [1.54, 1.807) is 12.2 Å². The number of aromatic amines is 2. The van der Waals surface area contributed by atoms with Gasteiger partial charge in [0.2, 0.25) is 0 Å². The maximum atomic E-state index is 12.6. The lowest BCUT2D eigenvalue weighted by molar-refractivity contribution is -0.141. The lowest BCUT2D eigenvalue weighted by Crippen LogP contribution is -2.17. The Labute approximate surface area is 261 Å². The third-order valence-electron chi connectivity index (χ3n) is 8.31. The Morgan fingerprint density at radius 2 is 1.38 bits per heavy atom. The van der Waals surface area contributed by atoms with Crippen molar-refractivity contribution in [2.45, 2.75) is 53.4 Å². The summed E-state index contributed by atoms with van der Waals surface area (Å²) in [5.74, 6) is -1.32. The molecular weight excluding hydrogens is 572 g/mol. The van der Waals surface area contributed by atoms with Crippen molar-refractivity contribution in [1.82, 2.24) is 15.3 Å². The fraction of sp³-hybridized carbons (Fsp3) is 0.286. The van der Waals surface area contributed by atoms with Crippen LogP contribution in [0.15, 0.2) is 46.1 Å². The number of aromatic nitrogens is 2. The Morgan fingerprint density at radius 3 is 1.98 bits per heavy atom. The minimum atomic E-state index is -0.380. The number of rotatable bonds is 11. The Balaban J connectivity index is 1.72. The van der Waals surface area contributed by atoms with Crippen LogP contribution in [0.3, 0.4) is 0 Å². The van der Waals surface area contributed by atoms with Gasteiger partial charge in [-0.15, -0.1) is 0 Å². The van der Waals surface area contributed by atoms with E-state index < -0.39 is 0 Å². The molecule has 2 amide bonds. The molecule has 0 aliphatic carbocycles. The van der Waals surface area contributed by atoms with Gasteiger partial charge in [0.25, 0.3) is 11.8 Å². The van der Waals surface area contributed by atoms with Crippen LogP contribution < -0.4 is 16.0 Å². The second-order valence-corrected chi connectivity index (χ2v) is 10.9. The molecule has 10 nitrogen and oxygen atoms in total. The molecule has 0 saturated carbocycles. The highest BCUT2D eigenvalue weighted by Crippen LogP contribution is 2.29. The number of nitrogens with zero attached hydrogens (tertiary/aromatic N) is 1. The Kier molecular flexibility index (Phi) is 9.86. The highest BCUT2D eigenvalue weighted by molar-refractivity contribution is 6.30. The van der Waals surface area contributed by atoms with Crippen molar-refractivity contribution in [2.24, 2.45) is 4.99 Å². The van der Waals surface area contributed by atoms with Gasteiger partial charge >= 0.3 is 11.9 Å². The van der Waals surface area contributed by atoms with Crippen LogP contribution in [0.1, 0.15) is 73.2 Å². The van der Waals surface area contributed by atoms with Crippen LogP contribution in [-0.4, -0.2) is 53.7 Å². The molecule has 4 rings (SSSR count). The average molecular weight is 611 g/mol. The van der Waals surface area contributed by atoms with Crippen LogP contribution in [0.25, 0.3) is 30.4 Å². The van der Waals surface area contributed by atoms with E-state index in [2.05, 4.69) is 33.4 Å². The van der Waals surface area contributed by atoms with E-state index in [9.17, 15) is 19.2 Å². The lowest BCUT2D eigenvalue weighted by Gasteiger charge is -2.01. The number of hydrogen-bond donors (Lipinski definition) is 3. The van der Waals surface area contributed by atoms with E-state index in [1.165, 1.54) is 14.2 Å². The summed E-state index contributed by atoms with van der Waals surface area (Å²) in [6.45, 7) is 15.6. The third-order valence-corrected chi connectivity index (χ3v) is 8.31. The molecule has 4 heterocycles. The molecule has 0 spiro atoms. The first kappa shape index (κ1) is 32.7. The van der Waals surface area contributed by atoms with Gasteiger partial charge in [0.1, 0.15) is 0 Å². The molecule has 0 aromatic carbocycles. The fourth-order valence-corrected chi connectivity index (χ4v) is 5.51. The van der Waals surface area contributed by atoms with Crippen LogP contribution in [0.4, 0.5) is 0 Å². The number of carbonyl (C=O) groups excluding carboxylic acids is 4. The fourth-order valence-electron chi connectivity index (χ4n) is 5.51. The third kappa shape index (κ3) is 6.64. The number of esters is 2. The van der Waals surface area contributed by atoms with Gasteiger partial charge in [-0.25, -0.2) is 4.99 Å². The molecule has 2 aliphatic heterocycles. The summed E-state index contributed by atoms with van der Waals surface area (Å²) in [4.78, 5) is 59.6. The number of nitrogens with one attached hydrogen (secondary N) is 3. The van der Waals surface area contributed by atoms with Crippen LogP contribution in [-0.2, 0) is 28.7 Å².